The van der Waals surface area contributed by atoms with Crippen LogP contribution in [0.4, 0.5) is 10.1 Å². The number of aromatic nitrogens is 4. The number of anilines is 1. The van der Waals surface area contributed by atoms with E-state index in [2.05, 4.69) is 20.6 Å². The molecule has 118 valence electrons. The minimum Gasteiger partial charge on any atom is -0.320 e. The van der Waals surface area contributed by atoms with Gasteiger partial charge in [0.25, 0.3) is 5.91 Å². The molecule has 7 heteroatoms. The first kappa shape index (κ1) is 16.1. The second-order valence-corrected chi connectivity index (χ2v) is 5.21. The van der Waals surface area contributed by atoms with E-state index in [1.54, 1.807) is 24.6 Å². The first-order chi connectivity index (χ1) is 10.5. The summed E-state index contributed by atoms with van der Waals surface area (Å²) in [5, 5.41) is 14.5. The number of rotatable bonds is 5. The van der Waals surface area contributed by atoms with Crippen LogP contribution in [-0.4, -0.2) is 32.1 Å². The number of amides is 1. The number of carbonyl (C=O) groups is 1. The molecule has 0 spiro atoms. The largest absolute Gasteiger partial charge is 0.320 e. The van der Waals surface area contributed by atoms with Crippen molar-refractivity contribution in [2.75, 3.05) is 5.32 Å². The van der Waals surface area contributed by atoms with Crippen molar-refractivity contribution < 1.29 is 9.18 Å². The number of hydrogen-bond donors (Lipinski definition) is 1. The van der Waals surface area contributed by atoms with Gasteiger partial charge >= 0.3 is 0 Å². The Kier molecular flexibility index (Phi) is 4.85. The van der Waals surface area contributed by atoms with E-state index in [1.165, 1.54) is 19.3 Å². The summed E-state index contributed by atoms with van der Waals surface area (Å²) in [6, 6.07) is 1.23. The van der Waals surface area contributed by atoms with Gasteiger partial charge in [0.1, 0.15) is 6.17 Å². The summed E-state index contributed by atoms with van der Waals surface area (Å²) in [7, 11) is 0. The molecule has 0 aromatic carbocycles. The van der Waals surface area contributed by atoms with Gasteiger partial charge in [-0.1, -0.05) is 6.92 Å². The Labute approximate surface area is 128 Å². The second-order valence-electron chi connectivity index (χ2n) is 5.21. The normalized spacial score (nSPS) is 13.7. The summed E-state index contributed by atoms with van der Waals surface area (Å²) in [6.45, 7) is 6.93. The standard InChI is InChI=1S/C15H20FN5O/c1-5-13-14(11(4)21(20-13)10(3)9(2)16)15(22)19-12-6-7-17-18-8-12/h6-10H,5H2,1-4H3,(H,17,19,22). The molecule has 0 saturated carbocycles. The summed E-state index contributed by atoms with van der Waals surface area (Å²) < 4.78 is 15.2. The SMILES string of the molecule is CCc1nn(C(C)C(C)F)c(C)c1C(=O)Nc1ccnnc1. The highest BCUT2D eigenvalue weighted by atomic mass is 19.1. The van der Waals surface area contributed by atoms with Crippen LogP contribution < -0.4 is 5.32 Å². The molecule has 2 rings (SSSR count). The average Bonchev–Trinajstić information content (AvgIpc) is 2.84. The minimum atomic E-state index is -1.05. The zero-order valence-corrected chi connectivity index (χ0v) is 13.2. The fourth-order valence-electron chi connectivity index (χ4n) is 2.27. The van der Waals surface area contributed by atoms with E-state index < -0.39 is 12.2 Å². The van der Waals surface area contributed by atoms with Crippen molar-refractivity contribution in [2.24, 2.45) is 0 Å². The van der Waals surface area contributed by atoms with Crippen LogP contribution in [0, 0.1) is 6.92 Å². The van der Waals surface area contributed by atoms with Crippen LogP contribution in [0.2, 0.25) is 0 Å². The van der Waals surface area contributed by atoms with Crippen molar-refractivity contribution in [2.45, 2.75) is 46.3 Å². The van der Waals surface area contributed by atoms with Gasteiger partial charge in [0.15, 0.2) is 0 Å². The highest BCUT2D eigenvalue weighted by molar-refractivity contribution is 6.05. The van der Waals surface area contributed by atoms with Gasteiger partial charge in [0, 0.05) is 5.69 Å². The highest BCUT2D eigenvalue weighted by Gasteiger charge is 2.24. The summed E-state index contributed by atoms with van der Waals surface area (Å²) in [5.74, 6) is -0.271. The summed E-state index contributed by atoms with van der Waals surface area (Å²) in [5.41, 5.74) is 2.37. The van der Waals surface area contributed by atoms with Crippen molar-refractivity contribution >= 4 is 11.6 Å². The second kappa shape index (κ2) is 6.64. The molecular weight excluding hydrogens is 285 g/mol. The third-order valence-electron chi connectivity index (χ3n) is 3.68. The van der Waals surface area contributed by atoms with E-state index in [-0.39, 0.29) is 5.91 Å². The van der Waals surface area contributed by atoms with Crippen molar-refractivity contribution in [1.29, 1.82) is 0 Å². The number of hydrogen-bond acceptors (Lipinski definition) is 4. The van der Waals surface area contributed by atoms with Gasteiger partial charge in [-0.3, -0.25) is 9.48 Å². The van der Waals surface area contributed by atoms with Crippen molar-refractivity contribution in [1.82, 2.24) is 20.0 Å². The number of halogens is 1. The van der Waals surface area contributed by atoms with Crippen LogP contribution in [0.25, 0.3) is 0 Å². The van der Waals surface area contributed by atoms with Crippen molar-refractivity contribution in [3.63, 3.8) is 0 Å². The lowest BCUT2D eigenvalue weighted by atomic mass is 10.1. The van der Waals surface area contributed by atoms with Crippen LogP contribution >= 0.6 is 0 Å². The zero-order chi connectivity index (χ0) is 16.3. The van der Waals surface area contributed by atoms with Gasteiger partial charge in [0.2, 0.25) is 0 Å². The number of aryl methyl sites for hydroxylation is 1. The predicted molar refractivity (Wildman–Crippen MR) is 81.6 cm³/mol. The van der Waals surface area contributed by atoms with Crippen molar-refractivity contribution in [3.8, 4) is 0 Å². The molecule has 22 heavy (non-hydrogen) atoms. The number of alkyl halides is 1. The van der Waals surface area contributed by atoms with E-state index >= 15 is 0 Å². The summed E-state index contributed by atoms with van der Waals surface area (Å²) >= 11 is 0. The molecule has 0 radical (unpaired) electrons. The Morgan fingerprint density at radius 1 is 1.41 bits per heavy atom. The van der Waals surface area contributed by atoms with E-state index in [0.717, 1.165) is 0 Å². The molecule has 0 aliphatic carbocycles. The van der Waals surface area contributed by atoms with Gasteiger partial charge in [-0.25, -0.2) is 4.39 Å². The molecule has 0 saturated heterocycles. The Balaban J connectivity index is 2.35. The molecule has 2 aromatic rings. The molecule has 2 heterocycles. The van der Waals surface area contributed by atoms with Crippen LogP contribution in [0.5, 0.6) is 0 Å². The third kappa shape index (κ3) is 3.13. The smallest absolute Gasteiger partial charge is 0.259 e. The van der Waals surface area contributed by atoms with Crippen molar-refractivity contribution in [3.05, 3.63) is 35.4 Å². The number of nitrogens with zero attached hydrogens (tertiary/aromatic N) is 4. The molecular formula is C15H20FN5O. The lowest BCUT2D eigenvalue weighted by molar-refractivity contribution is 0.102. The Morgan fingerprint density at radius 3 is 2.68 bits per heavy atom. The average molecular weight is 305 g/mol. The first-order valence-corrected chi connectivity index (χ1v) is 7.25. The van der Waals surface area contributed by atoms with E-state index in [4.69, 9.17) is 0 Å². The summed E-state index contributed by atoms with van der Waals surface area (Å²) in [6.07, 6.45) is 2.51. The van der Waals surface area contributed by atoms with E-state index in [9.17, 15) is 9.18 Å². The van der Waals surface area contributed by atoms with Gasteiger partial charge in [-0.05, 0) is 33.3 Å². The van der Waals surface area contributed by atoms with E-state index in [1.807, 2.05) is 6.92 Å². The molecule has 2 aromatic heterocycles. The Bertz CT molecular complexity index is 653. The summed E-state index contributed by atoms with van der Waals surface area (Å²) in [4.78, 5) is 12.5. The quantitative estimate of drug-likeness (QED) is 0.922. The highest BCUT2D eigenvalue weighted by Crippen LogP contribution is 2.22. The molecule has 0 fully saturated rings. The van der Waals surface area contributed by atoms with Crippen LogP contribution in [0.15, 0.2) is 18.5 Å². The fourth-order valence-corrected chi connectivity index (χ4v) is 2.27. The predicted octanol–water partition coefficient (Wildman–Crippen LogP) is 2.72. The molecule has 0 aliphatic rings. The lowest BCUT2D eigenvalue weighted by Crippen LogP contribution is -2.18. The van der Waals surface area contributed by atoms with Gasteiger partial charge in [0.05, 0.1) is 35.4 Å². The molecule has 0 aliphatic heterocycles. The maximum Gasteiger partial charge on any atom is 0.259 e. The third-order valence-corrected chi connectivity index (χ3v) is 3.68. The van der Waals surface area contributed by atoms with E-state index in [0.29, 0.717) is 29.1 Å². The molecule has 0 bridgehead atoms. The minimum absolute atomic E-state index is 0.271. The maximum absolute atomic E-state index is 13.6. The molecule has 1 N–H and O–H groups in total. The first-order valence-electron chi connectivity index (χ1n) is 7.25. The lowest BCUT2D eigenvalue weighted by Gasteiger charge is -2.15. The van der Waals surface area contributed by atoms with Crippen LogP contribution in [-0.2, 0) is 6.42 Å². The molecule has 2 unspecified atom stereocenters. The zero-order valence-electron chi connectivity index (χ0n) is 13.2. The Hall–Kier alpha value is -2.31. The monoisotopic (exact) mass is 305 g/mol. The fraction of sp³-hybridized carbons (Fsp3) is 0.467. The molecule has 6 nitrogen and oxygen atoms in total. The number of nitrogens with one attached hydrogen (secondary N) is 1. The maximum atomic E-state index is 13.6. The van der Waals surface area contributed by atoms with Gasteiger partial charge < -0.3 is 5.32 Å². The van der Waals surface area contributed by atoms with Crippen LogP contribution in [0.3, 0.4) is 0 Å². The molecule has 2 atom stereocenters. The number of carbonyl (C=O) groups excluding carboxylic acids is 1. The Morgan fingerprint density at radius 2 is 2.14 bits per heavy atom. The van der Waals surface area contributed by atoms with Gasteiger partial charge in [-0.2, -0.15) is 15.3 Å². The van der Waals surface area contributed by atoms with Gasteiger partial charge in [-0.15, -0.1) is 0 Å². The van der Waals surface area contributed by atoms with Crippen LogP contribution in [0.1, 0.15) is 48.6 Å². The molecule has 1 amide bonds. The topological polar surface area (TPSA) is 72.7 Å².